The molecule has 14 heavy (non-hydrogen) atoms. The zero-order valence-corrected chi connectivity index (χ0v) is 8.22. The monoisotopic (exact) mass is 187 g/mol. The fourth-order valence-corrected chi connectivity index (χ4v) is 1.38. The van der Waals surface area contributed by atoms with Crippen LogP contribution in [-0.4, -0.2) is 35.9 Å². The SMILES string of the molecule is CN1CCN=C1/C=C/c1cccnc1. The van der Waals surface area contributed by atoms with Gasteiger partial charge in [-0.15, -0.1) is 0 Å². The lowest BCUT2D eigenvalue weighted by atomic mass is 10.2. The fraction of sp³-hybridized carbons (Fsp3) is 0.273. The Bertz CT molecular complexity index is 354. The van der Waals surface area contributed by atoms with E-state index in [0.29, 0.717) is 0 Å². The van der Waals surface area contributed by atoms with Crippen LogP contribution >= 0.6 is 0 Å². The molecule has 0 N–H and O–H groups in total. The number of hydrogen-bond donors (Lipinski definition) is 0. The Morgan fingerprint density at radius 3 is 3.00 bits per heavy atom. The first kappa shape index (κ1) is 8.94. The number of nitrogens with zero attached hydrogens (tertiary/aromatic N) is 3. The molecule has 0 spiro atoms. The van der Waals surface area contributed by atoms with Crippen molar-refractivity contribution >= 4 is 11.9 Å². The quantitative estimate of drug-likeness (QED) is 0.701. The molecular weight excluding hydrogens is 174 g/mol. The van der Waals surface area contributed by atoms with Crippen molar-refractivity contribution in [1.82, 2.24) is 9.88 Å². The van der Waals surface area contributed by atoms with Crippen LogP contribution in [0.4, 0.5) is 0 Å². The van der Waals surface area contributed by atoms with Crippen LogP contribution in [0.2, 0.25) is 0 Å². The second-order valence-corrected chi connectivity index (χ2v) is 3.28. The molecule has 0 fully saturated rings. The van der Waals surface area contributed by atoms with Gasteiger partial charge in [-0.2, -0.15) is 0 Å². The average Bonchev–Trinajstić information content (AvgIpc) is 2.63. The Labute approximate surface area is 83.8 Å². The molecule has 1 aromatic heterocycles. The molecule has 0 bridgehead atoms. The van der Waals surface area contributed by atoms with E-state index < -0.39 is 0 Å². The molecule has 1 aliphatic heterocycles. The van der Waals surface area contributed by atoms with Crippen molar-refractivity contribution in [1.29, 1.82) is 0 Å². The molecule has 2 rings (SSSR count). The minimum absolute atomic E-state index is 0.906. The van der Waals surface area contributed by atoms with E-state index in [-0.39, 0.29) is 0 Å². The second kappa shape index (κ2) is 4.05. The van der Waals surface area contributed by atoms with Gasteiger partial charge in [-0.3, -0.25) is 9.98 Å². The zero-order valence-electron chi connectivity index (χ0n) is 8.22. The first-order chi connectivity index (χ1) is 6.86. The standard InChI is InChI=1S/C11H13N3/c1-14-8-7-13-11(14)5-4-10-3-2-6-12-9-10/h2-6,9H,7-8H2,1H3/b5-4+. The van der Waals surface area contributed by atoms with Crippen LogP contribution in [-0.2, 0) is 0 Å². The molecule has 0 atom stereocenters. The van der Waals surface area contributed by atoms with Gasteiger partial charge in [-0.1, -0.05) is 6.07 Å². The topological polar surface area (TPSA) is 28.5 Å². The van der Waals surface area contributed by atoms with Gasteiger partial charge in [-0.05, 0) is 23.8 Å². The predicted molar refractivity (Wildman–Crippen MR) is 58.2 cm³/mol. The van der Waals surface area contributed by atoms with Crippen molar-refractivity contribution in [3.05, 3.63) is 36.2 Å². The molecule has 0 amide bonds. The fourth-order valence-electron chi connectivity index (χ4n) is 1.38. The molecule has 0 aromatic carbocycles. The van der Waals surface area contributed by atoms with E-state index >= 15 is 0 Å². The molecule has 0 saturated heterocycles. The molecule has 0 unspecified atom stereocenters. The van der Waals surface area contributed by atoms with Gasteiger partial charge in [0.1, 0.15) is 5.84 Å². The van der Waals surface area contributed by atoms with E-state index in [2.05, 4.69) is 21.9 Å². The summed E-state index contributed by atoms with van der Waals surface area (Å²) >= 11 is 0. The Hall–Kier alpha value is -1.64. The van der Waals surface area contributed by atoms with Crippen LogP contribution in [0.15, 0.2) is 35.6 Å². The predicted octanol–water partition coefficient (Wildman–Crippen LogP) is 1.44. The van der Waals surface area contributed by atoms with Crippen molar-refractivity contribution in [3.8, 4) is 0 Å². The molecule has 0 saturated carbocycles. The number of hydrogen-bond acceptors (Lipinski definition) is 3. The van der Waals surface area contributed by atoms with Gasteiger partial charge in [0.15, 0.2) is 0 Å². The highest BCUT2D eigenvalue weighted by molar-refractivity contribution is 5.97. The summed E-state index contributed by atoms with van der Waals surface area (Å²) in [7, 11) is 2.05. The van der Waals surface area contributed by atoms with Crippen molar-refractivity contribution in [2.75, 3.05) is 20.1 Å². The third kappa shape index (κ3) is 1.99. The normalized spacial score (nSPS) is 16.4. The van der Waals surface area contributed by atoms with Gasteiger partial charge in [0.05, 0.1) is 6.54 Å². The van der Waals surface area contributed by atoms with Gasteiger partial charge in [0.25, 0.3) is 0 Å². The summed E-state index contributed by atoms with van der Waals surface area (Å²) in [6.45, 7) is 1.93. The lowest BCUT2D eigenvalue weighted by Crippen LogP contribution is -2.20. The highest BCUT2D eigenvalue weighted by atomic mass is 15.2. The number of aliphatic imine (C=N–C) groups is 1. The Balaban J connectivity index is 2.08. The number of rotatable bonds is 2. The number of pyridine rings is 1. The van der Waals surface area contributed by atoms with Gasteiger partial charge < -0.3 is 4.90 Å². The van der Waals surface area contributed by atoms with E-state index in [1.165, 1.54) is 0 Å². The summed E-state index contributed by atoms with van der Waals surface area (Å²) in [5, 5.41) is 0. The number of aromatic nitrogens is 1. The van der Waals surface area contributed by atoms with Crippen LogP contribution in [0.25, 0.3) is 6.08 Å². The maximum Gasteiger partial charge on any atom is 0.123 e. The largest absolute Gasteiger partial charge is 0.358 e. The third-order valence-corrected chi connectivity index (χ3v) is 2.21. The van der Waals surface area contributed by atoms with Gasteiger partial charge >= 0.3 is 0 Å². The lowest BCUT2D eigenvalue weighted by Gasteiger charge is -2.09. The van der Waals surface area contributed by atoms with Gasteiger partial charge in [-0.25, -0.2) is 0 Å². The van der Waals surface area contributed by atoms with Crippen molar-refractivity contribution in [2.45, 2.75) is 0 Å². The number of amidine groups is 1. The Kier molecular flexibility index (Phi) is 2.58. The Morgan fingerprint density at radius 1 is 1.43 bits per heavy atom. The molecule has 3 nitrogen and oxygen atoms in total. The van der Waals surface area contributed by atoms with Crippen LogP contribution in [0.1, 0.15) is 5.56 Å². The molecule has 0 aliphatic carbocycles. The molecule has 1 aliphatic rings. The van der Waals surface area contributed by atoms with Crippen LogP contribution in [0.3, 0.4) is 0 Å². The van der Waals surface area contributed by atoms with E-state index in [9.17, 15) is 0 Å². The minimum Gasteiger partial charge on any atom is -0.358 e. The summed E-state index contributed by atoms with van der Waals surface area (Å²) in [5.41, 5.74) is 1.11. The summed E-state index contributed by atoms with van der Waals surface area (Å²) in [4.78, 5) is 10.6. The first-order valence-electron chi connectivity index (χ1n) is 4.70. The van der Waals surface area contributed by atoms with Crippen LogP contribution in [0.5, 0.6) is 0 Å². The van der Waals surface area contributed by atoms with Crippen LogP contribution < -0.4 is 0 Å². The smallest absolute Gasteiger partial charge is 0.123 e. The second-order valence-electron chi connectivity index (χ2n) is 3.28. The molecule has 3 heteroatoms. The molecule has 72 valence electrons. The van der Waals surface area contributed by atoms with Gasteiger partial charge in [0.2, 0.25) is 0 Å². The van der Waals surface area contributed by atoms with Crippen molar-refractivity contribution in [2.24, 2.45) is 4.99 Å². The average molecular weight is 187 g/mol. The molecule has 0 radical (unpaired) electrons. The number of likely N-dealkylation sites (N-methyl/N-ethyl adjacent to an activating group) is 1. The molecule has 1 aromatic rings. The van der Waals surface area contributed by atoms with Crippen molar-refractivity contribution in [3.63, 3.8) is 0 Å². The third-order valence-electron chi connectivity index (χ3n) is 2.21. The van der Waals surface area contributed by atoms with E-state index in [1.807, 2.05) is 30.5 Å². The van der Waals surface area contributed by atoms with E-state index in [1.54, 1.807) is 6.20 Å². The maximum atomic E-state index is 4.37. The summed E-state index contributed by atoms with van der Waals surface area (Å²) in [6, 6.07) is 3.96. The first-order valence-corrected chi connectivity index (χ1v) is 4.70. The highest BCUT2D eigenvalue weighted by Gasteiger charge is 2.07. The molecule has 2 heterocycles. The summed E-state index contributed by atoms with van der Waals surface area (Å²) < 4.78 is 0. The maximum absolute atomic E-state index is 4.37. The molecular formula is C11H13N3. The Morgan fingerprint density at radius 2 is 2.36 bits per heavy atom. The minimum atomic E-state index is 0.906. The van der Waals surface area contributed by atoms with Crippen LogP contribution in [0, 0.1) is 0 Å². The van der Waals surface area contributed by atoms with Crippen molar-refractivity contribution < 1.29 is 0 Å². The van der Waals surface area contributed by atoms with E-state index in [0.717, 1.165) is 24.5 Å². The van der Waals surface area contributed by atoms with Gasteiger partial charge in [0, 0.05) is 26.0 Å². The lowest BCUT2D eigenvalue weighted by molar-refractivity contribution is 0.558. The summed E-state index contributed by atoms with van der Waals surface area (Å²) in [5.74, 6) is 1.05. The zero-order chi connectivity index (χ0) is 9.80. The van der Waals surface area contributed by atoms with E-state index in [4.69, 9.17) is 0 Å². The summed E-state index contributed by atoms with van der Waals surface area (Å²) in [6.07, 6.45) is 7.68. The highest BCUT2D eigenvalue weighted by Crippen LogP contribution is 2.03.